The van der Waals surface area contributed by atoms with Gasteiger partial charge in [0, 0.05) is 17.8 Å². The predicted molar refractivity (Wildman–Crippen MR) is 92.6 cm³/mol. The van der Waals surface area contributed by atoms with Gasteiger partial charge in [-0.15, -0.1) is 0 Å². The highest BCUT2D eigenvalue weighted by Crippen LogP contribution is 2.37. The molecular weight excluding hydrogens is 370 g/mol. The van der Waals surface area contributed by atoms with Crippen molar-refractivity contribution in [3.8, 4) is 17.2 Å². The predicted octanol–water partition coefficient (Wildman–Crippen LogP) is 3.76. The van der Waals surface area contributed by atoms with Crippen LogP contribution < -0.4 is 24.8 Å². The molecule has 6 nitrogen and oxygen atoms in total. The highest BCUT2D eigenvalue weighted by Gasteiger charge is 2.15. The van der Waals surface area contributed by atoms with Crippen molar-refractivity contribution in [1.82, 2.24) is 0 Å². The van der Waals surface area contributed by atoms with Crippen LogP contribution in [0.2, 0.25) is 5.02 Å². The van der Waals surface area contributed by atoms with Crippen LogP contribution in [0.1, 0.15) is 0 Å². The fourth-order valence-electron chi connectivity index (χ4n) is 2.30. The quantitative estimate of drug-likeness (QED) is 0.793. The number of rotatable bonds is 6. The van der Waals surface area contributed by atoms with E-state index in [9.17, 15) is 13.6 Å². The van der Waals surface area contributed by atoms with Gasteiger partial charge in [0.15, 0.2) is 11.5 Å². The Morgan fingerprint density at radius 2 is 1.81 bits per heavy atom. The van der Waals surface area contributed by atoms with Crippen molar-refractivity contribution in [2.24, 2.45) is 0 Å². The molecule has 138 valence electrons. The third-order valence-electron chi connectivity index (χ3n) is 3.43. The van der Waals surface area contributed by atoms with E-state index in [-0.39, 0.29) is 18.2 Å². The molecule has 3 rings (SSSR count). The number of anilines is 2. The van der Waals surface area contributed by atoms with E-state index in [1.807, 2.05) is 0 Å². The molecule has 0 atom stereocenters. The second-order valence-corrected chi connectivity index (χ2v) is 5.69. The first-order valence-electron chi connectivity index (χ1n) is 7.69. The Balaban J connectivity index is 1.55. The molecule has 1 heterocycles. The van der Waals surface area contributed by atoms with Crippen molar-refractivity contribution in [2.75, 3.05) is 30.4 Å². The van der Waals surface area contributed by atoms with E-state index in [1.165, 1.54) is 24.3 Å². The summed E-state index contributed by atoms with van der Waals surface area (Å²) in [6.45, 7) is -2.04. The van der Waals surface area contributed by atoms with Crippen LogP contribution in [-0.2, 0) is 4.79 Å². The van der Waals surface area contributed by atoms with Crippen LogP contribution in [0.15, 0.2) is 36.4 Å². The average molecular weight is 385 g/mol. The molecule has 0 bridgehead atoms. The third kappa shape index (κ3) is 4.66. The summed E-state index contributed by atoms with van der Waals surface area (Å²) in [7, 11) is 0. The number of benzene rings is 2. The lowest BCUT2D eigenvalue weighted by Gasteiger charge is -2.20. The number of halogens is 3. The van der Waals surface area contributed by atoms with E-state index in [2.05, 4.69) is 15.4 Å². The Labute approximate surface area is 153 Å². The topological polar surface area (TPSA) is 68.8 Å². The van der Waals surface area contributed by atoms with E-state index >= 15 is 0 Å². The molecule has 2 aromatic carbocycles. The monoisotopic (exact) mass is 384 g/mol. The molecule has 2 N–H and O–H groups in total. The number of fused-ring (bicyclic) bond motifs is 1. The molecule has 9 heteroatoms. The fraction of sp³-hybridized carbons (Fsp3) is 0.235. The average Bonchev–Trinajstić information content (AvgIpc) is 2.61. The van der Waals surface area contributed by atoms with Gasteiger partial charge in [0.05, 0.1) is 17.3 Å². The van der Waals surface area contributed by atoms with Gasteiger partial charge in [0.25, 0.3) is 0 Å². The molecule has 0 radical (unpaired) electrons. The van der Waals surface area contributed by atoms with E-state index in [1.54, 1.807) is 12.1 Å². The minimum absolute atomic E-state index is 0.0131. The lowest BCUT2D eigenvalue weighted by atomic mass is 10.2. The standard InChI is InChI=1S/C17H15ClF2N2O4/c18-12-7-14-15(25-6-5-24-14)8-13(12)21-9-16(23)22-10-1-3-11(4-2-10)26-17(19)20/h1-4,7-8,17,21H,5-6,9H2,(H,22,23). The Kier molecular flexibility index (Phi) is 5.62. The van der Waals surface area contributed by atoms with Crippen LogP contribution in [0.25, 0.3) is 0 Å². The maximum atomic E-state index is 12.1. The smallest absolute Gasteiger partial charge is 0.387 e. The molecule has 0 spiro atoms. The summed E-state index contributed by atoms with van der Waals surface area (Å²) in [5.41, 5.74) is 0.985. The van der Waals surface area contributed by atoms with Gasteiger partial charge >= 0.3 is 6.61 Å². The van der Waals surface area contributed by atoms with Gasteiger partial charge in [0.1, 0.15) is 19.0 Å². The zero-order valence-corrected chi connectivity index (χ0v) is 14.2. The van der Waals surface area contributed by atoms with Gasteiger partial charge in [-0.25, -0.2) is 0 Å². The Hall–Kier alpha value is -2.74. The van der Waals surface area contributed by atoms with E-state index < -0.39 is 6.61 Å². The van der Waals surface area contributed by atoms with Gasteiger partial charge in [-0.3, -0.25) is 4.79 Å². The van der Waals surface area contributed by atoms with Gasteiger partial charge in [0.2, 0.25) is 5.91 Å². The molecule has 0 saturated heterocycles. The lowest BCUT2D eigenvalue weighted by molar-refractivity contribution is -0.114. The van der Waals surface area contributed by atoms with Crippen molar-refractivity contribution in [2.45, 2.75) is 6.61 Å². The maximum Gasteiger partial charge on any atom is 0.387 e. The van der Waals surface area contributed by atoms with Crippen LogP contribution >= 0.6 is 11.6 Å². The SMILES string of the molecule is O=C(CNc1cc2c(cc1Cl)OCCO2)Nc1ccc(OC(F)F)cc1. The van der Waals surface area contributed by atoms with Crippen LogP contribution in [0, 0.1) is 0 Å². The first kappa shape index (κ1) is 18.1. The first-order valence-corrected chi connectivity index (χ1v) is 8.07. The normalized spacial score (nSPS) is 12.6. The molecule has 2 aromatic rings. The summed E-state index contributed by atoms with van der Waals surface area (Å²) in [6, 6.07) is 8.90. The number of amides is 1. The minimum atomic E-state index is -2.89. The summed E-state index contributed by atoms with van der Waals surface area (Å²) < 4.78 is 39.3. The Morgan fingerprint density at radius 1 is 1.15 bits per heavy atom. The first-order chi connectivity index (χ1) is 12.5. The van der Waals surface area contributed by atoms with Crippen molar-refractivity contribution in [1.29, 1.82) is 0 Å². The molecule has 0 fully saturated rings. The molecule has 1 aliphatic heterocycles. The van der Waals surface area contributed by atoms with Crippen molar-refractivity contribution in [3.05, 3.63) is 41.4 Å². The molecule has 0 aromatic heterocycles. The van der Waals surface area contributed by atoms with Crippen molar-refractivity contribution >= 4 is 28.9 Å². The molecule has 1 aliphatic rings. The minimum Gasteiger partial charge on any atom is -0.486 e. The number of nitrogens with one attached hydrogen (secondary N) is 2. The second kappa shape index (κ2) is 8.09. The maximum absolute atomic E-state index is 12.1. The zero-order chi connectivity index (χ0) is 18.5. The molecule has 0 saturated carbocycles. The van der Waals surface area contributed by atoms with Crippen LogP contribution in [0.5, 0.6) is 17.2 Å². The molecular formula is C17H15ClF2N2O4. The molecule has 26 heavy (non-hydrogen) atoms. The second-order valence-electron chi connectivity index (χ2n) is 5.28. The number of hydrogen-bond acceptors (Lipinski definition) is 5. The zero-order valence-electron chi connectivity index (χ0n) is 13.4. The third-order valence-corrected chi connectivity index (χ3v) is 3.75. The van der Waals surface area contributed by atoms with Gasteiger partial charge < -0.3 is 24.8 Å². The van der Waals surface area contributed by atoms with Crippen LogP contribution in [0.4, 0.5) is 20.2 Å². The number of alkyl halides is 2. The van der Waals surface area contributed by atoms with Crippen molar-refractivity contribution < 1.29 is 27.8 Å². The molecule has 1 amide bonds. The molecule has 0 unspecified atom stereocenters. The largest absolute Gasteiger partial charge is 0.486 e. The molecule has 0 aliphatic carbocycles. The summed E-state index contributed by atoms with van der Waals surface area (Å²) in [6.07, 6.45) is 0. The number of carbonyl (C=O) groups is 1. The Bertz CT molecular complexity index is 787. The summed E-state index contributed by atoms with van der Waals surface area (Å²) in [4.78, 5) is 12.0. The summed E-state index contributed by atoms with van der Waals surface area (Å²) in [5, 5.41) is 5.95. The summed E-state index contributed by atoms with van der Waals surface area (Å²) in [5.74, 6) is 0.790. The number of carbonyl (C=O) groups excluding carboxylic acids is 1. The van der Waals surface area contributed by atoms with E-state index in [4.69, 9.17) is 21.1 Å². The van der Waals surface area contributed by atoms with Gasteiger partial charge in [-0.2, -0.15) is 8.78 Å². The number of ether oxygens (including phenoxy) is 3. The van der Waals surface area contributed by atoms with Crippen LogP contribution in [-0.4, -0.2) is 32.3 Å². The van der Waals surface area contributed by atoms with Crippen LogP contribution in [0.3, 0.4) is 0 Å². The van der Waals surface area contributed by atoms with E-state index in [0.29, 0.717) is 41.1 Å². The van der Waals surface area contributed by atoms with Gasteiger partial charge in [-0.1, -0.05) is 11.6 Å². The fourth-order valence-corrected chi connectivity index (χ4v) is 2.52. The lowest BCUT2D eigenvalue weighted by Crippen LogP contribution is -2.22. The highest BCUT2D eigenvalue weighted by molar-refractivity contribution is 6.33. The summed E-state index contributed by atoms with van der Waals surface area (Å²) >= 11 is 6.16. The van der Waals surface area contributed by atoms with Crippen molar-refractivity contribution in [3.63, 3.8) is 0 Å². The van der Waals surface area contributed by atoms with Gasteiger partial charge in [-0.05, 0) is 24.3 Å². The Morgan fingerprint density at radius 3 is 2.46 bits per heavy atom. The van der Waals surface area contributed by atoms with E-state index in [0.717, 1.165) is 0 Å². The highest BCUT2D eigenvalue weighted by atomic mass is 35.5. The number of hydrogen-bond donors (Lipinski definition) is 2.